The Balaban J connectivity index is 2.58. The van der Waals surface area contributed by atoms with E-state index in [0.717, 1.165) is 0 Å². The lowest BCUT2D eigenvalue weighted by Crippen LogP contribution is -2.06. The molecule has 94 valence electrons. The summed E-state index contributed by atoms with van der Waals surface area (Å²) in [7, 11) is -3.30. The Morgan fingerprint density at radius 1 is 1.28 bits per heavy atom. The molecule has 0 saturated heterocycles. The fourth-order valence-electron chi connectivity index (χ4n) is 1.48. The molecule has 0 unspecified atom stereocenters. The van der Waals surface area contributed by atoms with Crippen LogP contribution in [0.15, 0.2) is 46.2 Å². The minimum absolute atomic E-state index is 0.0406. The van der Waals surface area contributed by atoms with Crippen molar-refractivity contribution in [2.24, 2.45) is 0 Å². The summed E-state index contributed by atoms with van der Waals surface area (Å²) in [4.78, 5) is 8.45. The van der Waals surface area contributed by atoms with E-state index < -0.39 is 9.84 Å². The second kappa shape index (κ2) is 5.16. The van der Waals surface area contributed by atoms with Gasteiger partial charge in [0.2, 0.25) is 0 Å². The predicted molar refractivity (Wildman–Crippen MR) is 72.9 cm³/mol. The van der Waals surface area contributed by atoms with Crippen LogP contribution in [-0.2, 0) is 9.84 Å². The van der Waals surface area contributed by atoms with Crippen LogP contribution in [0, 0.1) is 0 Å². The molecule has 0 atom stereocenters. The third kappa shape index (κ3) is 2.59. The van der Waals surface area contributed by atoms with E-state index in [1.807, 2.05) is 12.1 Å². The van der Waals surface area contributed by atoms with Crippen LogP contribution in [0.25, 0.3) is 11.3 Å². The second-order valence-electron chi connectivity index (χ2n) is 3.63. The van der Waals surface area contributed by atoms with Crippen LogP contribution < -0.4 is 0 Å². The number of rotatable bonds is 3. The third-order valence-corrected chi connectivity index (χ3v) is 5.12. The van der Waals surface area contributed by atoms with Crippen molar-refractivity contribution in [2.45, 2.75) is 11.8 Å². The van der Waals surface area contributed by atoms with Crippen molar-refractivity contribution in [2.75, 3.05) is 5.75 Å². The average Bonchev–Trinajstić information content (AvgIpc) is 2.40. The number of nitrogens with zero attached hydrogens (tertiary/aromatic N) is 2. The van der Waals surface area contributed by atoms with Crippen molar-refractivity contribution in [1.82, 2.24) is 9.97 Å². The molecule has 6 heteroatoms. The maximum atomic E-state index is 11.9. The zero-order valence-electron chi connectivity index (χ0n) is 9.67. The summed E-state index contributed by atoms with van der Waals surface area (Å²) in [6, 6.07) is 7.06. The number of pyridine rings is 2. The Morgan fingerprint density at radius 3 is 2.67 bits per heavy atom. The standard InChI is InChI=1S/C12H11BrN2O2S/c1-2-18(16,17)11-7-9(8-15-12(11)13)10-5-3-4-6-14-10/h3-8H,2H2,1H3. The fourth-order valence-corrected chi connectivity index (χ4v) is 3.36. The molecule has 0 amide bonds. The molecule has 0 aliphatic heterocycles. The minimum atomic E-state index is -3.30. The van der Waals surface area contributed by atoms with Crippen LogP contribution >= 0.6 is 15.9 Å². The summed E-state index contributed by atoms with van der Waals surface area (Å²) in [5.74, 6) is 0.0406. The summed E-state index contributed by atoms with van der Waals surface area (Å²) in [6.07, 6.45) is 3.26. The van der Waals surface area contributed by atoms with E-state index >= 15 is 0 Å². The van der Waals surface area contributed by atoms with Gasteiger partial charge in [0.25, 0.3) is 0 Å². The lowest BCUT2D eigenvalue weighted by atomic mass is 10.2. The van der Waals surface area contributed by atoms with E-state index in [2.05, 4.69) is 25.9 Å². The summed E-state index contributed by atoms with van der Waals surface area (Å²) < 4.78 is 24.2. The molecule has 2 aromatic rings. The lowest BCUT2D eigenvalue weighted by Gasteiger charge is -2.06. The SMILES string of the molecule is CCS(=O)(=O)c1cc(-c2ccccn2)cnc1Br. The lowest BCUT2D eigenvalue weighted by molar-refractivity contribution is 0.596. The molecule has 2 heterocycles. The molecule has 0 aliphatic rings. The van der Waals surface area contributed by atoms with Crippen molar-refractivity contribution < 1.29 is 8.42 Å². The van der Waals surface area contributed by atoms with Gasteiger partial charge in [0.1, 0.15) is 9.50 Å². The van der Waals surface area contributed by atoms with Gasteiger partial charge in [0.05, 0.1) is 11.4 Å². The Bertz CT molecular complexity index is 657. The summed E-state index contributed by atoms with van der Waals surface area (Å²) in [5.41, 5.74) is 1.39. The molecule has 0 N–H and O–H groups in total. The van der Waals surface area contributed by atoms with Crippen molar-refractivity contribution in [1.29, 1.82) is 0 Å². The van der Waals surface area contributed by atoms with Crippen molar-refractivity contribution in [3.8, 4) is 11.3 Å². The topological polar surface area (TPSA) is 59.9 Å². The molecule has 0 spiro atoms. The van der Waals surface area contributed by atoms with Crippen LogP contribution in [0.4, 0.5) is 0 Å². The van der Waals surface area contributed by atoms with Crippen molar-refractivity contribution in [3.63, 3.8) is 0 Å². The highest BCUT2D eigenvalue weighted by atomic mass is 79.9. The van der Waals surface area contributed by atoms with Crippen LogP contribution in [0.1, 0.15) is 6.92 Å². The zero-order chi connectivity index (χ0) is 13.2. The summed E-state index contributed by atoms with van der Waals surface area (Å²) >= 11 is 3.17. The minimum Gasteiger partial charge on any atom is -0.256 e. The number of hydrogen-bond donors (Lipinski definition) is 0. The molecule has 0 bridgehead atoms. The smallest absolute Gasteiger partial charge is 0.180 e. The Labute approximate surface area is 114 Å². The van der Waals surface area contributed by atoms with Gasteiger partial charge in [0, 0.05) is 18.0 Å². The molecule has 18 heavy (non-hydrogen) atoms. The highest BCUT2D eigenvalue weighted by Crippen LogP contribution is 2.26. The predicted octanol–water partition coefficient (Wildman–Crippen LogP) is 2.70. The summed E-state index contributed by atoms with van der Waals surface area (Å²) in [6.45, 7) is 1.61. The maximum Gasteiger partial charge on any atom is 0.180 e. The van der Waals surface area contributed by atoms with Crippen molar-refractivity contribution in [3.05, 3.63) is 41.3 Å². The maximum absolute atomic E-state index is 11.9. The first-order valence-electron chi connectivity index (χ1n) is 5.34. The van der Waals surface area contributed by atoms with Gasteiger partial charge in [0.15, 0.2) is 9.84 Å². The average molecular weight is 327 g/mol. The molecule has 0 saturated carbocycles. The first-order valence-corrected chi connectivity index (χ1v) is 7.79. The molecule has 2 rings (SSSR count). The van der Waals surface area contributed by atoms with Gasteiger partial charge in [-0.2, -0.15) is 0 Å². The normalized spacial score (nSPS) is 11.4. The van der Waals surface area contributed by atoms with Crippen molar-refractivity contribution >= 4 is 25.8 Å². The van der Waals surface area contributed by atoms with Gasteiger partial charge in [-0.25, -0.2) is 13.4 Å². The zero-order valence-corrected chi connectivity index (χ0v) is 12.1. The van der Waals surface area contributed by atoms with Gasteiger partial charge in [-0.05, 0) is 34.1 Å². The molecule has 0 aromatic carbocycles. The molecular formula is C12H11BrN2O2S. The van der Waals surface area contributed by atoms with E-state index in [0.29, 0.717) is 15.9 Å². The highest BCUT2D eigenvalue weighted by Gasteiger charge is 2.17. The largest absolute Gasteiger partial charge is 0.256 e. The Kier molecular flexibility index (Phi) is 3.77. The molecule has 0 radical (unpaired) electrons. The Morgan fingerprint density at radius 2 is 2.06 bits per heavy atom. The van der Waals surface area contributed by atoms with Gasteiger partial charge in [-0.15, -0.1) is 0 Å². The van der Waals surface area contributed by atoms with Gasteiger partial charge in [-0.1, -0.05) is 13.0 Å². The van der Waals surface area contributed by atoms with E-state index in [9.17, 15) is 8.42 Å². The quantitative estimate of drug-likeness (QED) is 0.813. The monoisotopic (exact) mass is 326 g/mol. The molecule has 2 aromatic heterocycles. The van der Waals surface area contributed by atoms with E-state index in [-0.39, 0.29) is 10.6 Å². The fraction of sp³-hybridized carbons (Fsp3) is 0.167. The van der Waals surface area contributed by atoms with Gasteiger partial charge < -0.3 is 0 Å². The molecule has 0 fully saturated rings. The van der Waals surface area contributed by atoms with Crippen LogP contribution in [-0.4, -0.2) is 24.1 Å². The van der Waals surface area contributed by atoms with Crippen LogP contribution in [0.2, 0.25) is 0 Å². The van der Waals surface area contributed by atoms with E-state index in [4.69, 9.17) is 0 Å². The number of halogens is 1. The van der Waals surface area contributed by atoms with E-state index in [1.165, 1.54) is 0 Å². The molecule has 0 aliphatic carbocycles. The highest BCUT2D eigenvalue weighted by molar-refractivity contribution is 9.10. The second-order valence-corrected chi connectivity index (χ2v) is 6.63. The first kappa shape index (κ1) is 13.2. The molecule has 4 nitrogen and oxygen atoms in total. The van der Waals surface area contributed by atoms with Crippen LogP contribution in [0.5, 0.6) is 0 Å². The molecular weight excluding hydrogens is 316 g/mol. The van der Waals surface area contributed by atoms with Crippen LogP contribution in [0.3, 0.4) is 0 Å². The first-order chi connectivity index (χ1) is 8.54. The third-order valence-electron chi connectivity index (χ3n) is 2.48. The Hall–Kier alpha value is -1.27. The van der Waals surface area contributed by atoms with Gasteiger partial charge >= 0.3 is 0 Å². The summed E-state index contributed by atoms with van der Waals surface area (Å²) in [5, 5.41) is 0. The number of hydrogen-bond acceptors (Lipinski definition) is 4. The van der Waals surface area contributed by atoms with E-state index in [1.54, 1.807) is 31.5 Å². The van der Waals surface area contributed by atoms with Gasteiger partial charge in [-0.3, -0.25) is 4.98 Å². The number of sulfone groups is 1. The number of aromatic nitrogens is 2.